The summed E-state index contributed by atoms with van der Waals surface area (Å²) in [4.78, 5) is 0. The molecule has 0 spiro atoms. The third-order valence-electron chi connectivity index (χ3n) is 1.39. The van der Waals surface area contributed by atoms with Crippen molar-refractivity contribution in [3.05, 3.63) is 0 Å². The van der Waals surface area contributed by atoms with Gasteiger partial charge in [-0.3, -0.25) is 9.09 Å². The Morgan fingerprint density at radius 1 is 1.25 bits per heavy atom. The summed E-state index contributed by atoms with van der Waals surface area (Å²) >= 11 is 0. The van der Waals surface area contributed by atoms with Crippen molar-refractivity contribution >= 4 is 17.1 Å². The zero-order valence-corrected chi connectivity index (χ0v) is 8.47. The Hall–Kier alpha value is 0.120. The maximum atomic E-state index is 10.3. The molecule has 0 aromatic rings. The molecule has 0 heterocycles. The van der Waals surface area contributed by atoms with Crippen molar-refractivity contribution in [1.82, 2.24) is 0 Å². The van der Waals surface area contributed by atoms with Crippen LogP contribution in [-0.4, -0.2) is 17.6 Å². The summed E-state index contributed by atoms with van der Waals surface area (Å²) in [6.07, 6.45) is 3.06. The number of hydrogen-bond acceptors (Lipinski definition) is 4. The van der Waals surface area contributed by atoms with Crippen LogP contribution in [0.4, 0.5) is 0 Å². The summed E-state index contributed by atoms with van der Waals surface area (Å²) in [7, 11) is -0.560. The quantitative estimate of drug-likeness (QED) is 0.493. The van der Waals surface area contributed by atoms with Crippen LogP contribution in [0.3, 0.4) is 0 Å². The maximum absolute atomic E-state index is 10.3. The lowest BCUT2D eigenvalue weighted by molar-refractivity contribution is 0.267. The molecule has 0 aliphatic rings. The van der Waals surface area contributed by atoms with Gasteiger partial charge in [0.2, 0.25) is 0 Å². The fourth-order valence-electron chi connectivity index (χ4n) is 0.782. The summed E-state index contributed by atoms with van der Waals surface area (Å²) in [6, 6.07) is 0. The molecule has 0 aromatic carbocycles. The van der Waals surface area contributed by atoms with E-state index in [1.807, 2.05) is 0 Å². The van der Waals surface area contributed by atoms with Gasteiger partial charge in [-0.2, -0.15) is 0 Å². The first kappa shape index (κ1) is 12.1. The Balaban J connectivity index is 3.31. The molecule has 12 heavy (non-hydrogen) atoms. The highest BCUT2D eigenvalue weighted by Crippen LogP contribution is 2.20. The summed E-state index contributed by atoms with van der Waals surface area (Å²) in [5, 5.41) is 8.45. The molecule has 0 bridgehead atoms. The second-order valence-corrected chi connectivity index (χ2v) is 3.46. The normalized spacial score (nSPS) is 13.8. The molecule has 0 aromatic heterocycles. The first-order chi connectivity index (χ1) is 5.85. The van der Waals surface area contributed by atoms with Gasteiger partial charge in [-0.05, 0) is 19.3 Å². The largest absolute Gasteiger partial charge is 0.396 e. The van der Waals surface area contributed by atoms with E-state index in [9.17, 15) is 9.13 Å². The van der Waals surface area contributed by atoms with Crippen molar-refractivity contribution in [2.75, 3.05) is 6.61 Å². The summed E-state index contributed by atoms with van der Waals surface area (Å²) < 4.78 is 24.9. The van der Waals surface area contributed by atoms with E-state index < -0.39 is 14.5 Å². The molecule has 1 atom stereocenters. The Kier molecular flexibility index (Phi) is 9.30. The lowest BCUT2D eigenvalue weighted by Gasteiger charge is -2.03. The van der Waals surface area contributed by atoms with Gasteiger partial charge in [0.1, 0.15) is 0 Å². The average Bonchev–Trinajstić information content (AvgIpc) is 2.10. The lowest BCUT2D eigenvalue weighted by Crippen LogP contribution is -1.97. The number of rotatable bonds is 8. The van der Waals surface area contributed by atoms with Crippen LogP contribution in [-0.2, 0) is 13.7 Å². The highest BCUT2D eigenvalue weighted by atomic mass is 31.1. The minimum atomic E-state index is -0.470. The van der Waals surface area contributed by atoms with Gasteiger partial charge in [-0.25, -0.2) is 4.57 Å². The molecule has 1 unspecified atom stereocenters. The highest BCUT2D eigenvalue weighted by Gasteiger charge is 2.07. The molecule has 6 heteroatoms. The summed E-state index contributed by atoms with van der Waals surface area (Å²) in [6.45, 7) is 0.181. The molecule has 0 saturated carbocycles. The van der Waals surface area contributed by atoms with Crippen LogP contribution in [0.5, 0.6) is 0 Å². The van der Waals surface area contributed by atoms with E-state index >= 15 is 0 Å². The van der Waals surface area contributed by atoms with Crippen LogP contribution < -0.4 is 0 Å². The zero-order valence-electron chi connectivity index (χ0n) is 6.68. The minimum Gasteiger partial charge on any atom is -0.396 e. The number of aliphatic hydroxyl groups is 1. The third-order valence-corrected chi connectivity index (χ3v) is 2.50. The van der Waals surface area contributed by atoms with Crippen molar-refractivity contribution in [2.45, 2.75) is 31.5 Å². The first-order valence-electron chi connectivity index (χ1n) is 3.77. The Labute approximate surface area is 74.8 Å². The molecule has 4 nitrogen and oxygen atoms in total. The maximum Gasteiger partial charge on any atom is 0.328 e. The predicted octanol–water partition coefficient (Wildman–Crippen LogP) is 2.38. The molecule has 0 saturated heterocycles. The van der Waals surface area contributed by atoms with Gasteiger partial charge in [0.15, 0.2) is 14.3 Å². The topological polar surface area (TPSA) is 63.6 Å². The number of hydrogen-bond donors (Lipinski definition) is 1. The van der Waals surface area contributed by atoms with Crippen LogP contribution in [0.15, 0.2) is 0 Å². The molecule has 0 aliphatic carbocycles. The highest BCUT2D eigenvalue weighted by molar-refractivity contribution is 7.26. The van der Waals surface area contributed by atoms with E-state index in [0.29, 0.717) is 6.42 Å². The van der Waals surface area contributed by atoms with E-state index in [0.717, 1.165) is 19.3 Å². The van der Waals surface area contributed by atoms with Crippen molar-refractivity contribution in [1.29, 1.82) is 0 Å². The smallest absolute Gasteiger partial charge is 0.328 e. The first-order valence-corrected chi connectivity index (χ1v) is 5.38. The monoisotopic (exact) mass is 210 g/mol. The Bertz CT molecular complexity index is 131. The average molecular weight is 210 g/mol. The zero-order chi connectivity index (χ0) is 9.23. The SMILES string of the molecule is O=POC(CCCCCO)P=O. The molecular formula is C6H12O4P2. The fourth-order valence-corrected chi connectivity index (χ4v) is 1.54. The van der Waals surface area contributed by atoms with Gasteiger partial charge < -0.3 is 5.11 Å². The van der Waals surface area contributed by atoms with Crippen LogP contribution in [0, 0.1) is 0 Å². The molecule has 1 N–H and O–H groups in total. The fraction of sp³-hybridized carbons (Fsp3) is 1.00. The number of unbranched alkanes of at least 4 members (excludes halogenated alkanes) is 2. The van der Waals surface area contributed by atoms with Gasteiger partial charge in [-0.1, -0.05) is 6.42 Å². The Morgan fingerprint density at radius 2 is 2.00 bits per heavy atom. The lowest BCUT2D eigenvalue weighted by atomic mass is 10.2. The van der Waals surface area contributed by atoms with Gasteiger partial charge in [-0.15, -0.1) is 0 Å². The molecule has 0 rings (SSSR count). The summed E-state index contributed by atoms with van der Waals surface area (Å²) in [5.74, 6) is -0.470. The molecule has 0 fully saturated rings. The van der Waals surface area contributed by atoms with Crippen molar-refractivity contribution in [3.8, 4) is 0 Å². The number of aliphatic hydroxyl groups excluding tert-OH is 1. The van der Waals surface area contributed by atoms with E-state index in [4.69, 9.17) is 5.11 Å². The van der Waals surface area contributed by atoms with Crippen LogP contribution in [0.1, 0.15) is 25.7 Å². The van der Waals surface area contributed by atoms with Crippen molar-refractivity contribution < 1.29 is 18.8 Å². The molecule has 0 amide bonds. The molecular weight excluding hydrogens is 198 g/mol. The van der Waals surface area contributed by atoms with Crippen molar-refractivity contribution in [3.63, 3.8) is 0 Å². The Morgan fingerprint density at radius 3 is 2.50 bits per heavy atom. The second-order valence-electron chi connectivity index (χ2n) is 2.31. The van der Waals surface area contributed by atoms with Gasteiger partial charge in [0.25, 0.3) is 0 Å². The van der Waals surface area contributed by atoms with Crippen LogP contribution in [0.2, 0.25) is 0 Å². The van der Waals surface area contributed by atoms with E-state index in [-0.39, 0.29) is 15.1 Å². The second kappa shape index (κ2) is 9.21. The molecule has 70 valence electrons. The summed E-state index contributed by atoms with van der Waals surface area (Å²) in [5.41, 5.74) is 0. The predicted molar refractivity (Wildman–Crippen MR) is 45.6 cm³/mol. The van der Waals surface area contributed by atoms with E-state index in [1.165, 1.54) is 0 Å². The third kappa shape index (κ3) is 6.81. The van der Waals surface area contributed by atoms with E-state index in [1.54, 1.807) is 0 Å². The van der Waals surface area contributed by atoms with Crippen LogP contribution in [0.25, 0.3) is 0 Å². The van der Waals surface area contributed by atoms with Gasteiger partial charge in [0.05, 0.1) is 0 Å². The standard InChI is InChI=1S/C6H12O4P2/c7-5-3-1-2-4-6(11-8)10-12-9/h6-7H,1-5H2. The molecule has 0 radical (unpaired) electrons. The minimum absolute atomic E-state index is 0.132. The van der Waals surface area contributed by atoms with Gasteiger partial charge in [0, 0.05) is 6.61 Å². The molecule has 0 aliphatic heterocycles. The van der Waals surface area contributed by atoms with Gasteiger partial charge >= 0.3 is 8.69 Å². The van der Waals surface area contributed by atoms with E-state index in [2.05, 4.69) is 4.52 Å². The van der Waals surface area contributed by atoms with Crippen molar-refractivity contribution in [2.24, 2.45) is 0 Å². The van der Waals surface area contributed by atoms with Crippen LogP contribution >= 0.6 is 17.1 Å².